The Morgan fingerprint density at radius 1 is 0.720 bits per heavy atom. The van der Waals surface area contributed by atoms with Gasteiger partial charge in [-0.15, -0.1) is 0 Å². The summed E-state index contributed by atoms with van der Waals surface area (Å²) in [6, 6.07) is 0. The summed E-state index contributed by atoms with van der Waals surface area (Å²) in [7, 11) is 0. The van der Waals surface area contributed by atoms with Crippen LogP contribution in [0.15, 0.2) is 0 Å². The first-order chi connectivity index (χ1) is 11.0. The second-order valence-electron chi connectivity index (χ2n) is 7.63. The Morgan fingerprint density at radius 2 is 1.00 bits per heavy atom. The van der Waals surface area contributed by atoms with E-state index in [0.29, 0.717) is 5.92 Å². The Bertz CT molecular complexity index is 212. The molecule has 154 valence electrons. The van der Waals surface area contributed by atoms with Crippen LogP contribution in [-0.4, -0.2) is 33.1 Å². The van der Waals surface area contributed by atoms with Crippen LogP contribution in [0.2, 0.25) is 0 Å². The van der Waals surface area contributed by atoms with Gasteiger partial charge in [-0.05, 0) is 59.8 Å². The van der Waals surface area contributed by atoms with E-state index in [4.69, 9.17) is 10.2 Å². The van der Waals surface area contributed by atoms with Crippen LogP contribution in [0.3, 0.4) is 0 Å². The van der Waals surface area contributed by atoms with E-state index in [2.05, 4.69) is 27.7 Å². The third kappa shape index (κ3) is 32.7. The summed E-state index contributed by atoms with van der Waals surface area (Å²) in [4.78, 5) is 0. The van der Waals surface area contributed by atoms with Gasteiger partial charge in [0.15, 0.2) is 0 Å². The van der Waals surface area contributed by atoms with Crippen LogP contribution in [0.25, 0.3) is 0 Å². The molecule has 0 fully saturated rings. The van der Waals surface area contributed by atoms with Crippen molar-refractivity contribution in [2.45, 2.75) is 131 Å². The van der Waals surface area contributed by atoms with E-state index < -0.39 is 5.60 Å². The van der Waals surface area contributed by atoms with Crippen molar-refractivity contribution in [2.24, 2.45) is 5.92 Å². The molecular formula is C21H48O3Ti. The predicted molar refractivity (Wildman–Crippen MR) is 107 cm³/mol. The van der Waals surface area contributed by atoms with Gasteiger partial charge in [-0.1, -0.05) is 59.3 Å². The molecule has 0 saturated carbocycles. The van der Waals surface area contributed by atoms with Gasteiger partial charge >= 0.3 is 0 Å². The summed E-state index contributed by atoms with van der Waals surface area (Å²) in [5.74, 6) is 0.513. The second-order valence-corrected chi connectivity index (χ2v) is 7.63. The second kappa shape index (κ2) is 22.6. The van der Waals surface area contributed by atoms with Crippen molar-refractivity contribution in [3.63, 3.8) is 0 Å². The number of hydrogen-bond acceptors (Lipinski definition) is 3. The van der Waals surface area contributed by atoms with Crippen LogP contribution in [-0.2, 0) is 21.7 Å². The minimum Gasteiger partial charge on any atom is -0.394 e. The first-order valence-electron chi connectivity index (χ1n) is 10.1. The van der Waals surface area contributed by atoms with Crippen LogP contribution in [0.4, 0.5) is 0 Å². The van der Waals surface area contributed by atoms with E-state index >= 15 is 0 Å². The molecule has 0 aromatic carbocycles. The Balaban J connectivity index is -0.000000205. The molecule has 0 rings (SSSR count). The predicted octanol–water partition coefficient (Wildman–Crippen LogP) is 5.70. The molecule has 0 heterocycles. The van der Waals surface area contributed by atoms with E-state index in [1.54, 1.807) is 27.7 Å². The molecular weight excluding hydrogens is 348 g/mol. The van der Waals surface area contributed by atoms with Crippen LogP contribution in [0, 0.1) is 5.92 Å². The molecule has 0 radical (unpaired) electrons. The summed E-state index contributed by atoms with van der Waals surface area (Å²) >= 11 is 0. The minimum atomic E-state index is -0.430. The normalized spacial score (nSPS) is 12.7. The third-order valence-corrected chi connectivity index (χ3v) is 3.73. The molecule has 3 N–H and O–H groups in total. The molecule has 25 heavy (non-hydrogen) atoms. The zero-order valence-corrected chi connectivity index (χ0v) is 20.0. The van der Waals surface area contributed by atoms with Crippen LogP contribution < -0.4 is 0 Å². The zero-order valence-electron chi connectivity index (χ0n) is 18.4. The van der Waals surface area contributed by atoms with Crippen LogP contribution in [0.1, 0.15) is 113 Å². The van der Waals surface area contributed by atoms with Crippen molar-refractivity contribution >= 4 is 0 Å². The van der Waals surface area contributed by atoms with Gasteiger partial charge < -0.3 is 15.3 Å². The van der Waals surface area contributed by atoms with Gasteiger partial charge in [-0.2, -0.15) is 0 Å². The fourth-order valence-electron chi connectivity index (χ4n) is 2.41. The van der Waals surface area contributed by atoms with Gasteiger partial charge in [0.05, 0.1) is 5.60 Å². The molecule has 4 heteroatoms. The topological polar surface area (TPSA) is 60.7 Å². The number of rotatable bonds is 10. The molecule has 0 bridgehead atoms. The van der Waals surface area contributed by atoms with E-state index in [1.165, 1.54) is 44.9 Å². The van der Waals surface area contributed by atoms with Gasteiger partial charge in [0.1, 0.15) is 0 Å². The summed E-state index contributed by atoms with van der Waals surface area (Å²) in [6.45, 7) is 15.6. The monoisotopic (exact) mass is 396 g/mol. The van der Waals surface area contributed by atoms with E-state index in [1.807, 2.05) is 0 Å². The van der Waals surface area contributed by atoms with Gasteiger partial charge in [-0.3, -0.25) is 0 Å². The number of aliphatic hydroxyl groups is 3. The van der Waals surface area contributed by atoms with E-state index in [-0.39, 0.29) is 33.9 Å². The maximum Gasteiger partial charge on any atom is 0.0647 e. The fourth-order valence-corrected chi connectivity index (χ4v) is 2.41. The van der Waals surface area contributed by atoms with Gasteiger partial charge in [-0.25, -0.2) is 0 Å². The summed E-state index contributed by atoms with van der Waals surface area (Å²) < 4.78 is 0. The molecule has 3 nitrogen and oxygen atoms in total. The van der Waals surface area contributed by atoms with Crippen LogP contribution >= 0.6 is 0 Å². The largest absolute Gasteiger partial charge is 0.394 e. The average Bonchev–Trinajstić information content (AvgIpc) is 2.44. The Labute approximate surface area is 173 Å². The first kappa shape index (κ1) is 33.2. The Kier molecular flexibility index (Phi) is 30.1. The van der Waals surface area contributed by atoms with Crippen LogP contribution in [0.5, 0.6) is 0 Å². The zero-order chi connectivity index (χ0) is 19.6. The smallest absolute Gasteiger partial charge is 0.0647 e. The molecule has 0 aromatic rings. The van der Waals surface area contributed by atoms with Crippen molar-refractivity contribution in [3.05, 3.63) is 0 Å². The molecule has 0 aliphatic heterocycles. The van der Waals surface area contributed by atoms with E-state index in [9.17, 15) is 5.11 Å². The quantitative estimate of drug-likeness (QED) is 0.415. The molecule has 1 atom stereocenters. The first-order valence-corrected chi connectivity index (χ1v) is 10.1. The number of hydrogen-bond donors (Lipinski definition) is 3. The summed E-state index contributed by atoms with van der Waals surface area (Å²) in [5, 5.41) is 26.7. The third-order valence-electron chi connectivity index (χ3n) is 3.73. The van der Waals surface area contributed by atoms with Crippen molar-refractivity contribution in [3.8, 4) is 0 Å². The standard InChI is InChI=1S/C15H32O.2C3H8O.Ti/c1-5-8-11-14(12-9-6-2)15(4,16)13-10-7-3;2*1-3(2)4;/h14,16H,5-13H2,1-4H3;2*3-4H,1-2H3;. The number of aliphatic hydroxyl groups excluding tert-OH is 2. The average molecular weight is 396 g/mol. The van der Waals surface area contributed by atoms with Crippen molar-refractivity contribution < 1.29 is 37.0 Å². The molecule has 0 aliphatic carbocycles. The molecule has 0 spiro atoms. The fraction of sp³-hybridized carbons (Fsp3) is 1.00. The van der Waals surface area contributed by atoms with Crippen molar-refractivity contribution in [1.29, 1.82) is 0 Å². The molecule has 0 amide bonds. The molecule has 0 saturated heterocycles. The molecule has 0 aromatic heterocycles. The number of unbranched alkanes of at least 4 members (excludes halogenated alkanes) is 3. The maximum atomic E-state index is 10.6. The van der Waals surface area contributed by atoms with Crippen molar-refractivity contribution in [2.75, 3.05) is 0 Å². The van der Waals surface area contributed by atoms with Gasteiger partial charge in [0.2, 0.25) is 0 Å². The Morgan fingerprint density at radius 3 is 1.24 bits per heavy atom. The van der Waals surface area contributed by atoms with Crippen molar-refractivity contribution in [1.82, 2.24) is 0 Å². The summed E-state index contributed by atoms with van der Waals surface area (Å²) in [5.41, 5.74) is -0.430. The molecule has 1 unspecified atom stereocenters. The molecule has 0 aliphatic rings. The minimum absolute atomic E-state index is 0. The van der Waals surface area contributed by atoms with Gasteiger partial charge in [0.25, 0.3) is 0 Å². The SMILES string of the molecule is CC(C)O.CC(C)O.CCCCC(CCCC)C(C)(O)CCCC.[Ti]. The van der Waals surface area contributed by atoms with E-state index in [0.717, 1.165) is 12.8 Å². The maximum absolute atomic E-state index is 10.6. The Hall–Kier alpha value is 0.594. The summed E-state index contributed by atoms with van der Waals surface area (Å²) in [6.07, 6.45) is 10.4. The van der Waals surface area contributed by atoms with Gasteiger partial charge in [0, 0.05) is 33.9 Å².